The number of hydrogen-bond acceptors (Lipinski definition) is 4. The van der Waals surface area contributed by atoms with Gasteiger partial charge in [0.05, 0.1) is 18.9 Å². The molecule has 1 aromatic heterocycles. The van der Waals surface area contributed by atoms with Gasteiger partial charge in [0.15, 0.2) is 0 Å². The number of carbonyl (C=O) groups excluding carboxylic acids is 1. The smallest absolute Gasteiger partial charge is 0.257 e. The van der Waals surface area contributed by atoms with Crippen LogP contribution in [0.1, 0.15) is 46.5 Å². The van der Waals surface area contributed by atoms with Crippen molar-refractivity contribution in [3.05, 3.63) is 83.3 Å². The summed E-state index contributed by atoms with van der Waals surface area (Å²) < 4.78 is 25.4. The van der Waals surface area contributed by atoms with Crippen LogP contribution in [0.2, 0.25) is 0 Å². The fourth-order valence-electron chi connectivity index (χ4n) is 3.65. The topological polar surface area (TPSA) is 55.6 Å². The van der Waals surface area contributed by atoms with Gasteiger partial charge in [-0.2, -0.15) is 0 Å². The van der Waals surface area contributed by atoms with E-state index < -0.39 is 5.82 Å². The van der Waals surface area contributed by atoms with Crippen molar-refractivity contribution in [1.29, 1.82) is 0 Å². The van der Waals surface area contributed by atoms with Gasteiger partial charge < -0.3 is 14.1 Å². The quantitative estimate of drug-likeness (QED) is 0.659. The van der Waals surface area contributed by atoms with Gasteiger partial charge in [0.2, 0.25) is 5.89 Å². The number of nitrogens with zero attached hydrogens (tertiary/aromatic N) is 2. The molecule has 0 N–H and O–H groups in total. The molecule has 1 fully saturated rings. The van der Waals surface area contributed by atoms with E-state index in [2.05, 4.69) is 4.98 Å². The molecule has 1 aliphatic heterocycles. The minimum Gasteiger partial charge on any atom is -0.496 e. The maximum atomic E-state index is 14.0. The number of oxazole rings is 1. The Hall–Kier alpha value is -3.15. The van der Waals surface area contributed by atoms with Crippen LogP contribution in [-0.4, -0.2) is 29.4 Å². The van der Waals surface area contributed by atoms with E-state index in [1.165, 1.54) is 12.1 Å². The summed E-state index contributed by atoms with van der Waals surface area (Å²) >= 11 is 0. The molecular formula is C22H21FN2O3. The first-order valence-electron chi connectivity index (χ1n) is 9.29. The minimum absolute atomic E-state index is 0.0789. The maximum absolute atomic E-state index is 14.0. The molecule has 1 atom stereocenters. The monoisotopic (exact) mass is 380 g/mol. The molecule has 28 heavy (non-hydrogen) atoms. The van der Waals surface area contributed by atoms with Gasteiger partial charge >= 0.3 is 0 Å². The molecular weight excluding hydrogens is 359 g/mol. The van der Waals surface area contributed by atoms with E-state index in [9.17, 15) is 9.18 Å². The summed E-state index contributed by atoms with van der Waals surface area (Å²) in [7, 11) is 1.63. The van der Waals surface area contributed by atoms with E-state index in [4.69, 9.17) is 9.15 Å². The van der Waals surface area contributed by atoms with E-state index in [0.717, 1.165) is 24.2 Å². The highest BCUT2D eigenvalue weighted by Gasteiger charge is 2.34. The molecule has 0 saturated carbocycles. The maximum Gasteiger partial charge on any atom is 0.257 e. The predicted octanol–water partition coefficient (Wildman–Crippen LogP) is 4.39. The molecule has 0 unspecified atom stereocenters. The second kappa shape index (κ2) is 7.84. The number of para-hydroxylation sites is 1. The normalized spacial score (nSPS) is 16.4. The number of aromatic nitrogens is 1. The highest BCUT2D eigenvalue weighted by atomic mass is 19.1. The van der Waals surface area contributed by atoms with Gasteiger partial charge in [-0.1, -0.05) is 30.3 Å². The Labute approximate surface area is 162 Å². The number of likely N-dealkylation sites (tertiary alicyclic amines) is 1. The van der Waals surface area contributed by atoms with E-state index in [-0.39, 0.29) is 17.5 Å². The van der Waals surface area contributed by atoms with Gasteiger partial charge in [0.1, 0.15) is 23.4 Å². The highest BCUT2D eigenvalue weighted by Crippen LogP contribution is 2.33. The van der Waals surface area contributed by atoms with Crippen molar-refractivity contribution >= 4 is 5.91 Å². The molecule has 2 aromatic carbocycles. The Kier molecular flexibility index (Phi) is 5.10. The van der Waals surface area contributed by atoms with Crippen molar-refractivity contribution in [3.63, 3.8) is 0 Å². The number of ether oxygens (including phenoxy) is 1. The van der Waals surface area contributed by atoms with Gasteiger partial charge in [0, 0.05) is 18.5 Å². The number of halogens is 1. The number of benzene rings is 2. The predicted molar refractivity (Wildman–Crippen MR) is 102 cm³/mol. The molecule has 144 valence electrons. The first-order valence-corrected chi connectivity index (χ1v) is 9.29. The van der Waals surface area contributed by atoms with Crippen LogP contribution in [0.5, 0.6) is 5.75 Å². The highest BCUT2D eigenvalue weighted by molar-refractivity contribution is 5.94. The second-order valence-corrected chi connectivity index (χ2v) is 6.79. The molecule has 0 spiro atoms. The molecule has 0 bridgehead atoms. The summed E-state index contributed by atoms with van der Waals surface area (Å²) in [5.74, 6) is 1.14. The number of rotatable bonds is 5. The largest absolute Gasteiger partial charge is 0.496 e. The molecule has 1 amide bonds. The lowest BCUT2D eigenvalue weighted by Gasteiger charge is -2.22. The van der Waals surface area contributed by atoms with Crippen LogP contribution >= 0.6 is 0 Å². The van der Waals surface area contributed by atoms with Gasteiger partial charge in [-0.25, -0.2) is 9.37 Å². The van der Waals surface area contributed by atoms with Gasteiger partial charge in [0.25, 0.3) is 5.91 Å². The van der Waals surface area contributed by atoms with Crippen LogP contribution in [0.15, 0.2) is 59.1 Å². The van der Waals surface area contributed by atoms with E-state index in [1.54, 1.807) is 30.3 Å². The van der Waals surface area contributed by atoms with Crippen molar-refractivity contribution < 1.29 is 18.3 Å². The van der Waals surface area contributed by atoms with Gasteiger partial charge in [-0.3, -0.25) is 4.79 Å². The molecule has 5 nitrogen and oxygen atoms in total. The number of amides is 1. The first kappa shape index (κ1) is 18.2. The van der Waals surface area contributed by atoms with Gasteiger partial charge in [-0.05, 0) is 31.0 Å². The second-order valence-electron chi connectivity index (χ2n) is 6.79. The number of hydrogen-bond donors (Lipinski definition) is 0. The third-order valence-electron chi connectivity index (χ3n) is 5.03. The van der Waals surface area contributed by atoms with Crippen LogP contribution in [0, 0.1) is 5.82 Å². The van der Waals surface area contributed by atoms with Gasteiger partial charge in [-0.15, -0.1) is 0 Å². The third-order valence-corrected chi connectivity index (χ3v) is 5.03. The van der Waals surface area contributed by atoms with E-state index >= 15 is 0 Å². The molecule has 6 heteroatoms. The molecule has 0 radical (unpaired) electrons. The van der Waals surface area contributed by atoms with Crippen molar-refractivity contribution in [1.82, 2.24) is 9.88 Å². The number of carbonyl (C=O) groups is 1. The van der Waals surface area contributed by atoms with E-state index in [1.807, 2.05) is 24.3 Å². The lowest BCUT2D eigenvalue weighted by molar-refractivity contribution is 0.0710. The summed E-state index contributed by atoms with van der Waals surface area (Å²) in [4.78, 5) is 18.9. The van der Waals surface area contributed by atoms with Crippen molar-refractivity contribution in [2.24, 2.45) is 0 Å². The Morgan fingerprint density at radius 1 is 1.25 bits per heavy atom. The fraction of sp³-hybridized carbons (Fsp3) is 0.273. The first-order chi connectivity index (χ1) is 13.7. The van der Waals surface area contributed by atoms with Crippen molar-refractivity contribution in [2.75, 3.05) is 13.7 Å². The van der Waals surface area contributed by atoms with E-state index in [0.29, 0.717) is 24.6 Å². The zero-order valence-electron chi connectivity index (χ0n) is 15.6. The summed E-state index contributed by atoms with van der Waals surface area (Å²) in [6, 6.07) is 13.5. The summed E-state index contributed by atoms with van der Waals surface area (Å²) in [5.41, 5.74) is 1.08. The Morgan fingerprint density at radius 2 is 2.04 bits per heavy atom. The number of methoxy groups -OCH3 is 1. The average Bonchev–Trinajstić information content (AvgIpc) is 3.37. The summed E-state index contributed by atoms with van der Waals surface area (Å²) in [5, 5.41) is 0. The SMILES string of the molecule is COc1ccccc1Cc1cnc([C@@H]2CCCN2C(=O)c2ccccc2F)o1. The molecule has 4 rings (SSSR count). The lowest BCUT2D eigenvalue weighted by Crippen LogP contribution is -2.31. The average molecular weight is 380 g/mol. The fourth-order valence-corrected chi connectivity index (χ4v) is 3.65. The van der Waals surface area contributed by atoms with Crippen molar-refractivity contribution in [3.8, 4) is 5.75 Å². The molecule has 3 aromatic rings. The van der Waals surface area contributed by atoms with Crippen LogP contribution in [0.3, 0.4) is 0 Å². The van der Waals surface area contributed by atoms with Crippen LogP contribution in [-0.2, 0) is 6.42 Å². The van der Waals surface area contributed by atoms with Crippen LogP contribution < -0.4 is 4.74 Å². The Bertz CT molecular complexity index is 985. The molecule has 1 aliphatic rings. The Balaban J connectivity index is 1.54. The standard InChI is InChI=1S/C22H21FN2O3/c1-27-20-11-5-2-7-15(20)13-16-14-24-21(28-16)19-10-6-12-25(19)22(26)17-8-3-4-9-18(17)23/h2-5,7-9,11,14,19H,6,10,12-13H2,1H3/t19-/m0/s1. The zero-order valence-corrected chi connectivity index (χ0v) is 15.6. The van der Waals surface area contributed by atoms with Crippen LogP contribution in [0.25, 0.3) is 0 Å². The molecule has 1 saturated heterocycles. The molecule has 2 heterocycles. The van der Waals surface area contributed by atoms with Crippen molar-refractivity contribution in [2.45, 2.75) is 25.3 Å². The minimum atomic E-state index is -0.512. The summed E-state index contributed by atoms with van der Waals surface area (Å²) in [6.45, 7) is 0.558. The zero-order chi connectivity index (χ0) is 19.5. The lowest BCUT2D eigenvalue weighted by atomic mass is 10.1. The summed E-state index contributed by atoms with van der Waals surface area (Å²) in [6.07, 6.45) is 3.81. The molecule has 0 aliphatic carbocycles. The third kappa shape index (κ3) is 3.50. The Morgan fingerprint density at radius 3 is 2.86 bits per heavy atom. The van der Waals surface area contributed by atoms with Crippen LogP contribution in [0.4, 0.5) is 4.39 Å².